The molecule has 21 heavy (non-hydrogen) atoms. The molecular formula is C15H19N3O3. The number of nitrogens with one attached hydrogen (secondary N) is 1. The van der Waals surface area contributed by atoms with Gasteiger partial charge in [-0.2, -0.15) is 0 Å². The molecule has 112 valence electrons. The van der Waals surface area contributed by atoms with Crippen LogP contribution in [0.5, 0.6) is 11.5 Å². The zero-order valence-corrected chi connectivity index (χ0v) is 12.4. The lowest BCUT2D eigenvalue weighted by atomic mass is 10.1. The van der Waals surface area contributed by atoms with E-state index < -0.39 is 0 Å². The van der Waals surface area contributed by atoms with Crippen molar-refractivity contribution in [1.29, 1.82) is 0 Å². The number of carbonyl (C=O) groups is 1. The van der Waals surface area contributed by atoms with Crippen molar-refractivity contribution >= 4 is 22.6 Å². The first-order chi connectivity index (χ1) is 10.0. The molecule has 0 fully saturated rings. The number of hydrogen-bond donors (Lipinski definition) is 2. The molecule has 0 saturated heterocycles. The molecule has 3 N–H and O–H groups in total. The van der Waals surface area contributed by atoms with Crippen LogP contribution in [0, 0.1) is 6.92 Å². The fourth-order valence-electron chi connectivity index (χ4n) is 2.11. The minimum Gasteiger partial charge on any atom is -0.497 e. The Morgan fingerprint density at radius 1 is 1.29 bits per heavy atom. The second-order valence-corrected chi connectivity index (χ2v) is 4.69. The van der Waals surface area contributed by atoms with Gasteiger partial charge in [-0.1, -0.05) is 0 Å². The Kier molecular flexibility index (Phi) is 4.47. The third-order valence-corrected chi connectivity index (χ3v) is 3.19. The van der Waals surface area contributed by atoms with Gasteiger partial charge in [-0.25, -0.2) is 4.98 Å². The number of nitrogens with zero attached hydrogens (tertiary/aromatic N) is 1. The van der Waals surface area contributed by atoms with E-state index in [9.17, 15) is 4.79 Å². The predicted molar refractivity (Wildman–Crippen MR) is 81.9 cm³/mol. The molecule has 0 atom stereocenters. The molecule has 0 radical (unpaired) electrons. The number of methoxy groups -OCH3 is 2. The number of pyridine rings is 1. The lowest BCUT2D eigenvalue weighted by molar-refractivity contribution is -0.117. The number of rotatable bonds is 6. The molecule has 1 aromatic heterocycles. The lowest BCUT2D eigenvalue weighted by Crippen LogP contribution is -2.16. The molecule has 1 amide bonds. The molecule has 0 saturated carbocycles. The van der Waals surface area contributed by atoms with Crippen LogP contribution in [0.4, 0.5) is 5.82 Å². The van der Waals surface area contributed by atoms with Crippen molar-refractivity contribution in [3.63, 3.8) is 0 Å². The first-order valence-electron chi connectivity index (χ1n) is 6.60. The van der Waals surface area contributed by atoms with Crippen molar-refractivity contribution < 1.29 is 14.3 Å². The van der Waals surface area contributed by atoms with Gasteiger partial charge in [-0.3, -0.25) is 4.79 Å². The summed E-state index contributed by atoms with van der Waals surface area (Å²) in [6.07, 6.45) is 0.262. The van der Waals surface area contributed by atoms with Crippen LogP contribution < -0.4 is 20.5 Å². The molecular weight excluding hydrogens is 270 g/mol. The molecule has 6 heteroatoms. The number of aromatic nitrogens is 1. The van der Waals surface area contributed by atoms with Crippen LogP contribution in [-0.2, 0) is 4.79 Å². The summed E-state index contributed by atoms with van der Waals surface area (Å²) >= 11 is 0. The van der Waals surface area contributed by atoms with E-state index >= 15 is 0 Å². The maximum absolute atomic E-state index is 10.8. The van der Waals surface area contributed by atoms with Crippen molar-refractivity contribution in [2.45, 2.75) is 13.3 Å². The number of fused-ring (bicyclic) bond motifs is 1. The maximum Gasteiger partial charge on any atom is 0.219 e. The van der Waals surface area contributed by atoms with E-state index in [0.717, 1.165) is 22.2 Å². The quantitative estimate of drug-likeness (QED) is 0.847. The Bertz CT molecular complexity index is 671. The number of benzene rings is 1. The molecule has 1 aromatic carbocycles. The Morgan fingerprint density at radius 3 is 2.67 bits per heavy atom. The third kappa shape index (κ3) is 3.34. The van der Waals surface area contributed by atoms with Gasteiger partial charge < -0.3 is 20.5 Å². The van der Waals surface area contributed by atoms with E-state index in [2.05, 4.69) is 10.3 Å². The topological polar surface area (TPSA) is 86.5 Å². The van der Waals surface area contributed by atoms with Crippen molar-refractivity contribution in [3.05, 3.63) is 23.8 Å². The Hall–Kier alpha value is -2.50. The van der Waals surface area contributed by atoms with Crippen molar-refractivity contribution in [2.24, 2.45) is 5.73 Å². The minimum absolute atomic E-state index is 0.262. The first kappa shape index (κ1) is 14.9. The first-order valence-corrected chi connectivity index (χ1v) is 6.60. The monoisotopic (exact) mass is 289 g/mol. The number of hydrogen-bond acceptors (Lipinski definition) is 5. The summed E-state index contributed by atoms with van der Waals surface area (Å²) < 4.78 is 10.6. The van der Waals surface area contributed by atoms with E-state index in [1.54, 1.807) is 20.3 Å². The van der Waals surface area contributed by atoms with Crippen LogP contribution in [0.1, 0.15) is 12.0 Å². The highest BCUT2D eigenvalue weighted by molar-refractivity contribution is 5.90. The second-order valence-electron chi connectivity index (χ2n) is 4.69. The fourth-order valence-corrected chi connectivity index (χ4v) is 2.11. The Labute approximate surface area is 123 Å². The zero-order chi connectivity index (χ0) is 15.4. The van der Waals surface area contributed by atoms with Crippen LogP contribution in [-0.4, -0.2) is 31.7 Å². The average Bonchev–Trinajstić information content (AvgIpc) is 2.46. The van der Waals surface area contributed by atoms with Crippen LogP contribution in [0.15, 0.2) is 18.2 Å². The highest BCUT2D eigenvalue weighted by Gasteiger charge is 2.10. The average molecular weight is 289 g/mol. The smallest absolute Gasteiger partial charge is 0.219 e. The van der Waals surface area contributed by atoms with Gasteiger partial charge in [-0.05, 0) is 24.6 Å². The number of carbonyl (C=O) groups excluding carboxylic acids is 1. The van der Waals surface area contributed by atoms with Gasteiger partial charge in [0.05, 0.1) is 14.2 Å². The molecule has 6 nitrogen and oxygen atoms in total. The fraction of sp³-hybridized carbons (Fsp3) is 0.333. The summed E-state index contributed by atoms with van der Waals surface area (Å²) in [7, 11) is 3.21. The molecule has 0 aliphatic heterocycles. The normalized spacial score (nSPS) is 10.4. The van der Waals surface area contributed by atoms with Gasteiger partial charge >= 0.3 is 0 Å². The van der Waals surface area contributed by atoms with Crippen molar-refractivity contribution in [3.8, 4) is 11.5 Å². The largest absolute Gasteiger partial charge is 0.497 e. The number of ether oxygens (including phenoxy) is 2. The van der Waals surface area contributed by atoms with Gasteiger partial charge in [0.15, 0.2) is 0 Å². The van der Waals surface area contributed by atoms with Gasteiger partial charge in [0, 0.05) is 24.4 Å². The molecule has 0 unspecified atom stereocenters. The second kappa shape index (κ2) is 6.30. The lowest BCUT2D eigenvalue weighted by Gasteiger charge is -2.12. The predicted octanol–water partition coefficient (Wildman–Crippen LogP) is 1.85. The number of aryl methyl sites for hydroxylation is 1. The van der Waals surface area contributed by atoms with E-state index in [1.807, 2.05) is 19.1 Å². The highest BCUT2D eigenvalue weighted by atomic mass is 16.5. The summed E-state index contributed by atoms with van der Waals surface area (Å²) in [6.45, 7) is 2.44. The van der Waals surface area contributed by atoms with Gasteiger partial charge in [-0.15, -0.1) is 0 Å². The van der Waals surface area contributed by atoms with E-state index in [0.29, 0.717) is 18.1 Å². The van der Waals surface area contributed by atoms with Crippen molar-refractivity contribution in [2.75, 3.05) is 26.1 Å². The summed E-state index contributed by atoms with van der Waals surface area (Å²) in [5.74, 6) is 1.71. The molecule has 2 rings (SSSR count). The number of amides is 1. The van der Waals surface area contributed by atoms with Crippen LogP contribution in [0.3, 0.4) is 0 Å². The molecule has 1 heterocycles. The maximum atomic E-state index is 10.8. The number of nitrogens with two attached hydrogens (primary N) is 1. The summed E-state index contributed by atoms with van der Waals surface area (Å²) in [6, 6.07) is 5.64. The van der Waals surface area contributed by atoms with Gasteiger partial charge in [0.25, 0.3) is 0 Å². The Morgan fingerprint density at radius 2 is 2.05 bits per heavy atom. The van der Waals surface area contributed by atoms with E-state index in [1.165, 1.54) is 0 Å². The third-order valence-electron chi connectivity index (χ3n) is 3.19. The summed E-state index contributed by atoms with van der Waals surface area (Å²) in [5.41, 5.74) is 6.91. The SMILES string of the molecule is COc1cc(OC)c2nc(NCCC(N)=O)cc(C)c2c1. The highest BCUT2D eigenvalue weighted by Crippen LogP contribution is 2.32. The van der Waals surface area contributed by atoms with Crippen LogP contribution >= 0.6 is 0 Å². The van der Waals surface area contributed by atoms with Gasteiger partial charge in [0.1, 0.15) is 22.8 Å². The summed E-state index contributed by atoms with van der Waals surface area (Å²) in [4.78, 5) is 15.3. The molecule has 0 aliphatic rings. The van der Waals surface area contributed by atoms with E-state index in [-0.39, 0.29) is 12.3 Å². The van der Waals surface area contributed by atoms with Crippen molar-refractivity contribution in [1.82, 2.24) is 4.98 Å². The standard InChI is InChI=1S/C15H19N3O3/c1-9-6-14(17-5-4-13(16)19)18-15-11(9)7-10(20-2)8-12(15)21-3/h6-8H,4-5H2,1-3H3,(H2,16,19)(H,17,18). The van der Waals surface area contributed by atoms with Crippen LogP contribution in [0.2, 0.25) is 0 Å². The Balaban J connectivity index is 2.41. The van der Waals surface area contributed by atoms with Gasteiger partial charge in [0.2, 0.25) is 5.91 Å². The molecule has 0 bridgehead atoms. The van der Waals surface area contributed by atoms with E-state index in [4.69, 9.17) is 15.2 Å². The minimum atomic E-state index is -0.345. The van der Waals surface area contributed by atoms with Crippen LogP contribution in [0.25, 0.3) is 10.9 Å². The molecule has 0 aliphatic carbocycles. The number of anilines is 1. The summed E-state index contributed by atoms with van der Waals surface area (Å²) in [5, 5.41) is 4.05. The molecule has 2 aromatic rings. The zero-order valence-electron chi connectivity index (χ0n) is 12.4. The molecule has 0 spiro atoms. The number of primary amides is 1.